The van der Waals surface area contributed by atoms with Gasteiger partial charge in [-0.05, 0) is 37.1 Å². The van der Waals surface area contributed by atoms with Crippen LogP contribution in [0.1, 0.15) is 38.2 Å². The molecule has 1 aromatic carbocycles. The minimum Gasteiger partial charge on any atom is -0.367 e. The van der Waals surface area contributed by atoms with Gasteiger partial charge in [0, 0.05) is 45.8 Å². The largest absolute Gasteiger partial charge is 0.367 e. The van der Waals surface area contributed by atoms with Crippen LogP contribution in [0.4, 0.5) is 10.1 Å². The standard InChI is InChI=1S/C20H32FN5/c1-3-25-10-12-26(13-11-25)19-9-8-16(14-18(19)21)15-23-20(22-2)24-17-6-4-5-7-17/h8-9,14,17H,3-7,10-13,15H2,1-2H3,(H2,22,23,24). The van der Waals surface area contributed by atoms with Gasteiger partial charge in [0.2, 0.25) is 0 Å². The highest BCUT2D eigenvalue weighted by Gasteiger charge is 2.19. The predicted octanol–water partition coefficient (Wildman–Crippen LogP) is 2.58. The lowest BCUT2D eigenvalue weighted by Crippen LogP contribution is -2.46. The third-order valence-electron chi connectivity index (χ3n) is 5.55. The molecule has 3 rings (SSSR count). The first-order valence-corrected chi connectivity index (χ1v) is 9.92. The van der Waals surface area contributed by atoms with Gasteiger partial charge in [-0.3, -0.25) is 4.99 Å². The van der Waals surface area contributed by atoms with Crippen molar-refractivity contribution < 1.29 is 4.39 Å². The van der Waals surface area contributed by atoms with Crippen LogP contribution in [-0.4, -0.2) is 56.7 Å². The summed E-state index contributed by atoms with van der Waals surface area (Å²) in [5.41, 5.74) is 1.66. The van der Waals surface area contributed by atoms with E-state index in [4.69, 9.17) is 0 Å². The van der Waals surface area contributed by atoms with E-state index in [2.05, 4.69) is 32.3 Å². The van der Waals surface area contributed by atoms with Crippen molar-refractivity contribution in [2.45, 2.75) is 45.2 Å². The summed E-state index contributed by atoms with van der Waals surface area (Å²) >= 11 is 0. The maximum absolute atomic E-state index is 14.6. The van der Waals surface area contributed by atoms with Gasteiger partial charge in [-0.25, -0.2) is 4.39 Å². The fourth-order valence-electron chi connectivity index (χ4n) is 3.87. The molecule has 2 N–H and O–H groups in total. The Labute approximate surface area is 156 Å². The molecule has 1 aliphatic carbocycles. The van der Waals surface area contributed by atoms with E-state index in [0.29, 0.717) is 12.6 Å². The number of halogens is 1. The molecule has 1 saturated heterocycles. The Morgan fingerprint density at radius 1 is 1.19 bits per heavy atom. The van der Waals surface area contributed by atoms with E-state index in [1.165, 1.54) is 25.7 Å². The first kappa shape index (κ1) is 19.0. The fourth-order valence-corrected chi connectivity index (χ4v) is 3.87. The van der Waals surface area contributed by atoms with Gasteiger partial charge in [0.05, 0.1) is 5.69 Å². The molecule has 2 fully saturated rings. The maximum Gasteiger partial charge on any atom is 0.191 e. The summed E-state index contributed by atoms with van der Waals surface area (Å²) in [7, 11) is 1.78. The molecule has 1 heterocycles. The van der Waals surface area contributed by atoms with Crippen LogP contribution in [0, 0.1) is 5.82 Å². The van der Waals surface area contributed by atoms with Crippen molar-refractivity contribution in [3.63, 3.8) is 0 Å². The van der Waals surface area contributed by atoms with E-state index in [1.807, 2.05) is 12.1 Å². The van der Waals surface area contributed by atoms with Crippen LogP contribution in [-0.2, 0) is 6.54 Å². The SMILES string of the molecule is CCN1CCN(c2ccc(CNC(=NC)NC3CCCC3)cc2F)CC1. The number of guanidine groups is 1. The van der Waals surface area contributed by atoms with Crippen LogP contribution in [0.5, 0.6) is 0 Å². The number of piperazine rings is 1. The van der Waals surface area contributed by atoms with E-state index in [-0.39, 0.29) is 5.82 Å². The summed E-state index contributed by atoms with van der Waals surface area (Å²) in [6.07, 6.45) is 4.98. The Hall–Kier alpha value is -1.82. The number of nitrogens with one attached hydrogen (secondary N) is 2. The average Bonchev–Trinajstić information content (AvgIpc) is 3.18. The zero-order chi connectivity index (χ0) is 18.4. The molecule has 2 aliphatic rings. The lowest BCUT2D eigenvalue weighted by Gasteiger charge is -2.35. The summed E-state index contributed by atoms with van der Waals surface area (Å²) in [6, 6.07) is 6.10. The second kappa shape index (κ2) is 9.21. The Bertz CT molecular complexity index is 604. The first-order valence-electron chi connectivity index (χ1n) is 9.92. The summed E-state index contributed by atoms with van der Waals surface area (Å²) in [5.74, 6) is 0.671. The van der Waals surface area contributed by atoms with Crippen molar-refractivity contribution in [2.75, 3.05) is 44.7 Å². The van der Waals surface area contributed by atoms with Crippen LogP contribution >= 0.6 is 0 Å². The van der Waals surface area contributed by atoms with Crippen molar-refractivity contribution >= 4 is 11.6 Å². The maximum atomic E-state index is 14.6. The zero-order valence-corrected chi connectivity index (χ0v) is 16.1. The van der Waals surface area contributed by atoms with Gasteiger partial charge < -0.3 is 20.4 Å². The Morgan fingerprint density at radius 3 is 2.54 bits per heavy atom. The van der Waals surface area contributed by atoms with Crippen molar-refractivity contribution in [1.29, 1.82) is 0 Å². The molecular weight excluding hydrogens is 329 g/mol. The molecule has 0 atom stereocenters. The number of likely N-dealkylation sites (N-methyl/N-ethyl adjacent to an activating group) is 1. The molecular formula is C20H32FN5. The van der Waals surface area contributed by atoms with E-state index >= 15 is 0 Å². The highest BCUT2D eigenvalue weighted by atomic mass is 19.1. The van der Waals surface area contributed by atoms with Crippen molar-refractivity contribution in [2.24, 2.45) is 4.99 Å². The molecule has 0 bridgehead atoms. The van der Waals surface area contributed by atoms with Gasteiger partial charge >= 0.3 is 0 Å². The van der Waals surface area contributed by atoms with Crippen molar-refractivity contribution in [3.05, 3.63) is 29.6 Å². The normalized spacial score (nSPS) is 19.8. The number of hydrogen-bond acceptors (Lipinski definition) is 3. The molecule has 144 valence electrons. The monoisotopic (exact) mass is 361 g/mol. The summed E-state index contributed by atoms with van der Waals surface area (Å²) < 4.78 is 14.6. The topological polar surface area (TPSA) is 42.9 Å². The van der Waals surface area contributed by atoms with Crippen LogP contribution < -0.4 is 15.5 Å². The Morgan fingerprint density at radius 2 is 1.92 bits per heavy atom. The highest BCUT2D eigenvalue weighted by molar-refractivity contribution is 5.80. The third kappa shape index (κ3) is 4.87. The lowest BCUT2D eigenvalue weighted by molar-refractivity contribution is 0.270. The smallest absolute Gasteiger partial charge is 0.191 e. The second-order valence-electron chi connectivity index (χ2n) is 7.26. The molecule has 0 unspecified atom stereocenters. The first-order chi connectivity index (χ1) is 12.7. The number of aliphatic imine (C=N–C) groups is 1. The van der Waals surface area contributed by atoms with E-state index in [1.54, 1.807) is 13.1 Å². The highest BCUT2D eigenvalue weighted by Crippen LogP contribution is 2.22. The van der Waals surface area contributed by atoms with Crippen molar-refractivity contribution in [3.8, 4) is 0 Å². The molecule has 26 heavy (non-hydrogen) atoms. The minimum absolute atomic E-state index is 0.131. The molecule has 0 radical (unpaired) electrons. The summed E-state index contributed by atoms with van der Waals surface area (Å²) in [6.45, 7) is 7.60. The van der Waals surface area contributed by atoms with E-state index in [0.717, 1.165) is 49.9 Å². The molecule has 1 aliphatic heterocycles. The average molecular weight is 362 g/mol. The molecule has 1 aromatic rings. The summed E-state index contributed by atoms with van der Waals surface area (Å²) in [5, 5.41) is 6.76. The van der Waals surface area contributed by atoms with Gasteiger partial charge in [0.25, 0.3) is 0 Å². The molecule has 0 aromatic heterocycles. The predicted molar refractivity (Wildman–Crippen MR) is 106 cm³/mol. The van der Waals surface area contributed by atoms with Gasteiger partial charge in [0.1, 0.15) is 5.82 Å². The van der Waals surface area contributed by atoms with Gasteiger partial charge in [-0.2, -0.15) is 0 Å². The molecule has 0 spiro atoms. The summed E-state index contributed by atoms with van der Waals surface area (Å²) in [4.78, 5) is 8.83. The van der Waals surface area contributed by atoms with E-state index < -0.39 is 0 Å². The second-order valence-corrected chi connectivity index (χ2v) is 7.26. The van der Waals surface area contributed by atoms with Crippen LogP contribution in [0.25, 0.3) is 0 Å². The molecule has 5 nitrogen and oxygen atoms in total. The minimum atomic E-state index is -0.131. The van der Waals surface area contributed by atoms with Crippen molar-refractivity contribution in [1.82, 2.24) is 15.5 Å². The molecule has 1 saturated carbocycles. The van der Waals surface area contributed by atoms with Crippen LogP contribution in [0.2, 0.25) is 0 Å². The van der Waals surface area contributed by atoms with Gasteiger partial charge in [0.15, 0.2) is 5.96 Å². The number of nitrogens with zero attached hydrogens (tertiary/aromatic N) is 3. The zero-order valence-electron chi connectivity index (χ0n) is 16.1. The number of rotatable bonds is 5. The Balaban J connectivity index is 1.53. The van der Waals surface area contributed by atoms with Crippen LogP contribution in [0.3, 0.4) is 0 Å². The van der Waals surface area contributed by atoms with Crippen LogP contribution in [0.15, 0.2) is 23.2 Å². The quantitative estimate of drug-likeness (QED) is 0.625. The number of anilines is 1. The Kier molecular flexibility index (Phi) is 6.72. The molecule has 6 heteroatoms. The fraction of sp³-hybridized carbons (Fsp3) is 0.650. The lowest BCUT2D eigenvalue weighted by atomic mass is 10.1. The van der Waals surface area contributed by atoms with Gasteiger partial charge in [-0.1, -0.05) is 25.8 Å². The number of benzene rings is 1. The number of hydrogen-bond donors (Lipinski definition) is 2. The third-order valence-corrected chi connectivity index (χ3v) is 5.55. The van der Waals surface area contributed by atoms with Gasteiger partial charge in [-0.15, -0.1) is 0 Å². The van der Waals surface area contributed by atoms with E-state index in [9.17, 15) is 4.39 Å². The molecule has 0 amide bonds.